The molecule has 134 valence electrons. The number of sulfonamides is 1. The molecule has 1 saturated heterocycles. The average Bonchev–Trinajstić information content (AvgIpc) is 2.52. The zero-order valence-corrected chi connectivity index (χ0v) is 15.1. The minimum atomic E-state index is -3.09. The third-order valence-corrected chi connectivity index (χ3v) is 5.47. The minimum Gasteiger partial charge on any atom is -0.384 e. The van der Waals surface area contributed by atoms with Crippen molar-refractivity contribution in [3.63, 3.8) is 0 Å². The van der Waals surface area contributed by atoms with Crippen LogP contribution in [-0.4, -0.2) is 57.2 Å². The summed E-state index contributed by atoms with van der Waals surface area (Å²) in [5, 5.41) is 10.4. The molecule has 1 aliphatic rings. The van der Waals surface area contributed by atoms with Crippen molar-refractivity contribution < 1.29 is 13.2 Å². The maximum atomic E-state index is 11.3. The van der Waals surface area contributed by atoms with E-state index in [1.807, 2.05) is 32.0 Å². The van der Waals surface area contributed by atoms with E-state index in [1.54, 1.807) is 0 Å². The highest BCUT2D eigenvalue weighted by atomic mass is 32.2. The molecule has 0 aliphatic carbocycles. The van der Waals surface area contributed by atoms with Crippen LogP contribution in [-0.2, 0) is 14.8 Å². The van der Waals surface area contributed by atoms with Crippen LogP contribution >= 0.6 is 0 Å². The summed E-state index contributed by atoms with van der Waals surface area (Å²) in [5.74, 6) is 0.0639. The molecule has 4 N–H and O–H groups in total. The van der Waals surface area contributed by atoms with E-state index in [-0.39, 0.29) is 24.2 Å². The van der Waals surface area contributed by atoms with Crippen LogP contribution in [0.4, 0.5) is 0 Å². The Kier molecular flexibility index (Phi) is 7.61. The van der Waals surface area contributed by atoms with E-state index in [4.69, 9.17) is 16.7 Å². The molecule has 0 radical (unpaired) electrons. The first-order valence-corrected chi connectivity index (χ1v) is 9.08. The molecule has 0 aromatic heterocycles. The monoisotopic (exact) mass is 355 g/mol. The maximum Gasteiger partial charge on any atom is 0.216 e. The van der Waals surface area contributed by atoms with Gasteiger partial charge in [0.15, 0.2) is 5.84 Å². The second kappa shape index (κ2) is 8.97. The molecule has 0 unspecified atom stereocenters. The predicted octanol–water partition coefficient (Wildman–Crippen LogP) is 1.27. The zero-order valence-electron chi connectivity index (χ0n) is 14.2. The summed E-state index contributed by atoms with van der Waals surface area (Å²) < 4.78 is 28.7. The van der Waals surface area contributed by atoms with E-state index in [2.05, 4.69) is 9.85 Å². The highest BCUT2D eigenvalue weighted by Gasteiger charge is 2.32. The first-order chi connectivity index (χ1) is 11.2. The highest BCUT2D eigenvalue weighted by Crippen LogP contribution is 2.12. The van der Waals surface area contributed by atoms with Crippen molar-refractivity contribution in [1.82, 2.24) is 4.31 Å². The number of nitrogens with two attached hydrogens (primary N) is 1. The molecule has 1 aromatic rings. The Balaban J connectivity index is 0.000000240. The fourth-order valence-electron chi connectivity index (χ4n) is 1.97. The molecule has 2 rings (SSSR count). The number of rotatable bonds is 5. The molecule has 0 saturated carbocycles. The third kappa shape index (κ3) is 5.75. The molecular formula is C15H25N5O3S. The molecule has 1 fully saturated rings. The molecule has 8 nitrogen and oxygen atoms in total. The number of methoxy groups -OCH3 is 1. The van der Waals surface area contributed by atoms with Crippen molar-refractivity contribution in [2.75, 3.05) is 32.6 Å². The van der Waals surface area contributed by atoms with Gasteiger partial charge >= 0.3 is 0 Å². The second-order valence-electron chi connectivity index (χ2n) is 5.65. The maximum absolute atomic E-state index is 11.3. The van der Waals surface area contributed by atoms with Crippen LogP contribution in [0.2, 0.25) is 0 Å². The van der Waals surface area contributed by atoms with Crippen LogP contribution in [0.5, 0.6) is 0 Å². The van der Waals surface area contributed by atoms with Crippen LogP contribution in [0.15, 0.2) is 23.3 Å². The molecule has 9 heteroatoms. The molecule has 1 heterocycles. The van der Waals surface area contributed by atoms with Crippen LogP contribution in [0.25, 0.3) is 0 Å². The summed E-state index contributed by atoms with van der Waals surface area (Å²) in [6.07, 6.45) is 0. The van der Waals surface area contributed by atoms with Gasteiger partial charge in [-0.1, -0.05) is 12.1 Å². The molecule has 1 aliphatic heterocycles. The van der Waals surface area contributed by atoms with E-state index >= 15 is 0 Å². The lowest BCUT2D eigenvalue weighted by atomic mass is 10.1. The van der Waals surface area contributed by atoms with Gasteiger partial charge in [-0.3, -0.25) is 5.41 Å². The minimum absolute atomic E-state index is 0.0121. The van der Waals surface area contributed by atoms with Crippen molar-refractivity contribution in [3.05, 3.63) is 34.9 Å². The summed E-state index contributed by atoms with van der Waals surface area (Å²) in [6, 6.07) is 5.63. The first kappa shape index (κ1) is 20.4. The van der Waals surface area contributed by atoms with E-state index in [1.165, 1.54) is 17.0 Å². The van der Waals surface area contributed by atoms with Crippen molar-refractivity contribution >= 4 is 15.9 Å². The van der Waals surface area contributed by atoms with Gasteiger partial charge in [0.2, 0.25) is 10.0 Å². The van der Waals surface area contributed by atoms with Gasteiger partial charge in [0.25, 0.3) is 0 Å². The fourth-order valence-corrected chi connectivity index (χ4v) is 3.44. The smallest absolute Gasteiger partial charge is 0.216 e. The van der Waals surface area contributed by atoms with E-state index < -0.39 is 10.0 Å². The first-order valence-electron chi connectivity index (χ1n) is 7.47. The lowest BCUT2D eigenvalue weighted by Crippen LogP contribution is -2.58. The number of aryl methyl sites for hydroxylation is 2. The normalized spacial score (nSPS) is 15.2. The molecule has 0 atom stereocenters. The molecule has 0 spiro atoms. The van der Waals surface area contributed by atoms with E-state index in [0.717, 1.165) is 5.56 Å². The number of benzene rings is 1. The Morgan fingerprint density at radius 2 is 2.00 bits per heavy atom. The van der Waals surface area contributed by atoms with Crippen LogP contribution in [0.3, 0.4) is 0 Å². The number of ether oxygens (including phenoxy) is 1. The Labute approximate surface area is 143 Å². The number of nitrogens with zero attached hydrogens (tertiary/aromatic N) is 2. The molecular weight excluding hydrogens is 330 g/mol. The number of hydrogen-bond donors (Lipinski definition) is 3. The van der Waals surface area contributed by atoms with Crippen LogP contribution in [0.1, 0.15) is 16.7 Å². The van der Waals surface area contributed by atoms with Crippen molar-refractivity contribution in [2.45, 2.75) is 19.9 Å². The lowest BCUT2D eigenvalue weighted by molar-refractivity contribution is 0.211. The van der Waals surface area contributed by atoms with Gasteiger partial charge in [0, 0.05) is 31.8 Å². The average molecular weight is 355 g/mol. The van der Waals surface area contributed by atoms with Gasteiger partial charge in [0.1, 0.15) is 0 Å². The summed E-state index contributed by atoms with van der Waals surface area (Å²) in [7, 11) is -1.61. The van der Waals surface area contributed by atoms with Crippen molar-refractivity contribution in [1.29, 1.82) is 10.9 Å². The molecule has 1 aromatic carbocycles. The van der Waals surface area contributed by atoms with Gasteiger partial charge in [0.05, 0.1) is 12.4 Å². The Hall–Kier alpha value is -1.68. The predicted molar refractivity (Wildman–Crippen MR) is 93.1 cm³/mol. The summed E-state index contributed by atoms with van der Waals surface area (Å²) in [4.78, 5) is 0. The van der Waals surface area contributed by atoms with Crippen LogP contribution < -0.4 is 5.73 Å². The van der Waals surface area contributed by atoms with Crippen molar-refractivity contribution in [3.8, 4) is 0 Å². The molecule has 24 heavy (non-hydrogen) atoms. The van der Waals surface area contributed by atoms with Gasteiger partial charge in [-0.15, -0.1) is 5.11 Å². The Morgan fingerprint density at radius 1 is 1.38 bits per heavy atom. The highest BCUT2D eigenvalue weighted by molar-refractivity contribution is 7.89. The summed E-state index contributed by atoms with van der Waals surface area (Å²) >= 11 is 0. The fraction of sp³-hybridized carbons (Fsp3) is 0.533. The van der Waals surface area contributed by atoms with E-state index in [9.17, 15) is 8.42 Å². The lowest BCUT2D eigenvalue weighted by Gasteiger charge is -2.35. The Morgan fingerprint density at radius 3 is 2.46 bits per heavy atom. The van der Waals surface area contributed by atoms with Gasteiger partial charge < -0.3 is 10.5 Å². The number of nitrogens with one attached hydrogen (secondary N) is 2. The van der Waals surface area contributed by atoms with Crippen LogP contribution in [0, 0.1) is 24.8 Å². The topological polar surface area (TPSA) is 133 Å². The molecule has 0 amide bonds. The Bertz CT molecular complexity index is 684. The van der Waals surface area contributed by atoms with E-state index in [0.29, 0.717) is 18.7 Å². The SMILES string of the molecule is COCCS(=O)(=O)N1CC(N)C1.Cc1ccc(C(=N)N=N)cc1C. The largest absolute Gasteiger partial charge is 0.384 e. The van der Waals surface area contributed by atoms with Crippen molar-refractivity contribution in [2.24, 2.45) is 10.8 Å². The summed E-state index contributed by atoms with van der Waals surface area (Å²) in [5.41, 5.74) is 15.1. The standard InChI is InChI=1S/C9H11N3.C6H14N2O3S/c1-6-3-4-8(5-7(6)2)9(10)12-11;1-11-2-3-12(9,10)8-4-6(7)5-8/h3-5,10-11H,1-2H3;6H,2-5,7H2,1H3. The van der Waals surface area contributed by atoms with Gasteiger partial charge in [-0.2, -0.15) is 4.31 Å². The third-order valence-electron chi connectivity index (χ3n) is 3.71. The second-order valence-corrected chi connectivity index (χ2v) is 7.73. The number of hydrogen-bond acceptors (Lipinski definition) is 6. The summed E-state index contributed by atoms with van der Waals surface area (Å²) in [6.45, 7) is 5.14. The zero-order chi connectivity index (χ0) is 18.3. The quantitative estimate of drug-likeness (QED) is 0.416. The van der Waals surface area contributed by atoms with Gasteiger partial charge in [-0.05, 0) is 31.0 Å². The number of amidine groups is 1. The molecule has 0 bridgehead atoms. The van der Waals surface area contributed by atoms with Gasteiger partial charge in [-0.25, -0.2) is 13.9 Å².